The summed E-state index contributed by atoms with van der Waals surface area (Å²) in [5, 5.41) is 23.5. The van der Waals surface area contributed by atoms with E-state index in [9.17, 15) is 10.2 Å². The molecule has 0 amide bonds. The molecule has 0 aliphatic carbocycles. The molecule has 0 aliphatic heterocycles. The van der Waals surface area contributed by atoms with Gasteiger partial charge < -0.3 is 19.7 Å². The lowest BCUT2D eigenvalue weighted by Crippen LogP contribution is -2.46. The van der Waals surface area contributed by atoms with Gasteiger partial charge in [0.25, 0.3) is 0 Å². The predicted molar refractivity (Wildman–Crippen MR) is 285 cm³/mol. The quantitative estimate of drug-likeness (QED) is 0.0396. The van der Waals surface area contributed by atoms with Crippen LogP contribution in [0.2, 0.25) is 0 Å². The Kier molecular flexibility index (Phi) is 28.7. The van der Waals surface area contributed by atoms with Crippen molar-refractivity contribution in [3.8, 4) is 11.5 Å². The van der Waals surface area contributed by atoms with E-state index in [-0.39, 0.29) is 36.9 Å². The second kappa shape index (κ2) is 32.0. The SMILES string of the molecule is CCCCCCCCCCCCOC(=O)C(Cc1cc(C(C)(C)CCCCC)c(O)c(C)c1C)(Cc1cc(C(C)(C)CCCCC)c(O)c(C)c1C)C(=O)OCCCCCCCCCCCC. The van der Waals surface area contributed by atoms with Gasteiger partial charge in [-0.1, -0.05) is 222 Å². The number of rotatable bonds is 38. The molecule has 0 aromatic heterocycles. The molecule has 2 N–H and O–H groups in total. The first-order valence-corrected chi connectivity index (χ1v) is 27.9. The van der Waals surface area contributed by atoms with Crippen LogP contribution in [-0.4, -0.2) is 35.4 Å². The summed E-state index contributed by atoms with van der Waals surface area (Å²) in [5.74, 6) is -0.501. The van der Waals surface area contributed by atoms with Crippen LogP contribution in [0.5, 0.6) is 11.5 Å². The highest BCUT2D eigenvalue weighted by Gasteiger charge is 2.50. The maximum absolute atomic E-state index is 15.3. The highest BCUT2D eigenvalue weighted by Crippen LogP contribution is 2.45. The van der Waals surface area contributed by atoms with E-state index in [1.807, 2.05) is 27.7 Å². The zero-order valence-corrected chi connectivity index (χ0v) is 45.8. The van der Waals surface area contributed by atoms with Crippen molar-refractivity contribution in [2.75, 3.05) is 13.2 Å². The van der Waals surface area contributed by atoms with Gasteiger partial charge in [-0.05, 0) is 110 Å². The van der Waals surface area contributed by atoms with Gasteiger partial charge in [0.05, 0.1) is 13.2 Å². The number of ether oxygens (including phenoxy) is 2. The summed E-state index contributed by atoms with van der Waals surface area (Å²) in [6.45, 7) is 26.1. The molecule has 0 saturated heterocycles. The first kappa shape index (κ1) is 60.1. The lowest BCUT2D eigenvalue weighted by atomic mass is 9.71. The van der Waals surface area contributed by atoms with E-state index in [2.05, 4.69) is 67.5 Å². The molecule has 0 heterocycles. The second-order valence-corrected chi connectivity index (χ2v) is 22.1. The van der Waals surface area contributed by atoms with Crippen molar-refractivity contribution in [3.63, 3.8) is 0 Å². The summed E-state index contributed by atoms with van der Waals surface area (Å²) < 4.78 is 12.7. The van der Waals surface area contributed by atoms with Crippen LogP contribution < -0.4 is 0 Å². The third-order valence-corrected chi connectivity index (χ3v) is 15.4. The molecule has 2 aromatic rings. The standard InChI is InChI=1S/C61H104O6/c1-13-17-21-23-25-27-29-31-33-37-41-66-57(64)61(58(65)67-42-38-34-32-30-28-26-24-22-18-14-2,45-51-43-53(55(62)49(7)47(51)5)59(9,10)39-35-19-15-3)46-52-44-54(56(63)50(8)48(52)6)60(11,12)40-36-20-16-4/h43-44,62-63H,13-42,45-46H2,1-12H3. The van der Waals surface area contributed by atoms with E-state index in [1.54, 1.807) is 0 Å². The molecule has 0 saturated carbocycles. The Morgan fingerprint density at radius 1 is 0.418 bits per heavy atom. The van der Waals surface area contributed by atoms with Crippen LogP contribution in [-0.2, 0) is 42.7 Å². The first-order chi connectivity index (χ1) is 31.9. The Balaban J connectivity index is 2.69. The summed E-state index contributed by atoms with van der Waals surface area (Å²) in [5.41, 5.74) is 4.34. The Hall–Kier alpha value is -3.02. The van der Waals surface area contributed by atoms with Crippen LogP contribution >= 0.6 is 0 Å². The fourth-order valence-corrected chi connectivity index (χ4v) is 10.1. The highest BCUT2D eigenvalue weighted by atomic mass is 16.6. The first-order valence-electron chi connectivity index (χ1n) is 27.9. The van der Waals surface area contributed by atoms with Gasteiger partial charge in [-0.25, -0.2) is 0 Å². The lowest BCUT2D eigenvalue weighted by molar-refractivity contribution is -0.173. The molecule has 67 heavy (non-hydrogen) atoms. The van der Waals surface area contributed by atoms with Crippen LogP contribution in [0, 0.1) is 33.1 Å². The zero-order chi connectivity index (χ0) is 49.9. The number of phenols is 2. The third-order valence-electron chi connectivity index (χ3n) is 15.4. The van der Waals surface area contributed by atoms with Gasteiger partial charge in [0.1, 0.15) is 11.5 Å². The normalized spacial score (nSPS) is 12.2. The monoisotopic (exact) mass is 933 g/mol. The fourth-order valence-electron chi connectivity index (χ4n) is 10.1. The molecule has 0 aliphatic rings. The molecular weight excluding hydrogens is 829 g/mol. The summed E-state index contributed by atoms with van der Waals surface area (Å²) in [6, 6.07) is 4.14. The minimum absolute atomic E-state index is 0.0836. The van der Waals surface area contributed by atoms with Crippen LogP contribution in [0.4, 0.5) is 0 Å². The summed E-state index contributed by atoms with van der Waals surface area (Å²) in [6.07, 6.45) is 31.9. The van der Waals surface area contributed by atoms with Gasteiger partial charge in [0, 0.05) is 11.1 Å². The van der Waals surface area contributed by atoms with E-state index in [0.717, 1.165) is 134 Å². The van der Waals surface area contributed by atoms with Crippen molar-refractivity contribution in [1.29, 1.82) is 0 Å². The third kappa shape index (κ3) is 19.7. The molecule has 0 atom stereocenters. The Labute approximate surface area is 413 Å². The van der Waals surface area contributed by atoms with E-state index in [1.165, 1.54) is 89.9 Å². The number of carbonyl (C=O) groups is 2. The summed E-state index contributed by atoms with van der Waals surface area (Å²) >= 11 is 0. The topological polar surface area (TPSA) is 93.1 Å². The smallest absolute Gasteiger partial charge is 0.324 e. The Bertz CT molecular complexity index is 1590. The Morgan fingerprint density at radius 3 is 0.985 bits per heavy atom. The van der Waals surface area contributed by atoms with Crippen molar-refractivity contribution < 1.29 is 29.3 Å². The van der Waals surface area contributed by atoms with Gasteiger partial charge in [-0.2, -0.15) is 0 Å². The van der Waals surface area contributed by atoms with Crippen molar-refractivity contribution in [3.05, 3.63) is 56.6 Å². The number of benzene rings is 2. The molecular formula is C61H104O6. The van der Waals surface area contributed by atoms with Crippen molar-refractivity contribution in [2.24, 2.45) is 5.41 Å². The molecule has 6 heteroatoms. The van der Waals surface area contributed by atoms with Gasteiger partial charge in [0.2, 0.25) is 0 Å². The van der Waals surface area contributed by atoms with E-state index in [4.69, 9.17) is 9.47 Å². The molecule has 0 fully saturated rings. The van der Waals surface area contributed by atoms with Crippen LogP contribution in [0.1, 0.15) is 280 Å². The second-order valence-electron chi connectivity index (χ2n) is 22.1. The van der Waals surface area contributed by atoms with E-state index >= 15 is 9.59 Å². The maximum Gasteiger partial charge on any atom is 0.324 e. The number of aromatic hydroxyl groups is 2. The van der Waals surface area contributed by atoms with E-state index < -0.39 is 17.4 Å². The molecule has 0 unspecified atom stereocenters. The molecule has 0 spiro atoms. The zero-order valence-electron chi connectivity index (χ0n) is 45.8. The molecule has 0 bridgehead atoms. The van der Waals surface area contributed by atoms with Crippen LogP contribution in [0.25, 0.3) is 0 Å². The number of hydrogen-bond donors (Lipinski definition) is 2. The average Bonchev–Trinajstić information content (AvgIpc) is 3.29. The van der Waals surface area contributed by atoms with Crippen molar-refractivity contribution >= 4 is 11.9 Å². The van der Waals surface area contributed by atoms with E-state index in [0.29, 0.717) is 11.5 Å². The highest BCUT2D eigenvalue weighted by molar-refractivity contribution is 6.01. The maximum atomic E-state index is 15.3. The molecule has 6 nitrogen and oxygen atoms in total. The number of hydrogen-bond acceptors (Lipinski definition) is 6. The number of carbonyl (C=O) groups excluding carboxylic acids is 2. The number of phenolic OH excluding ortho intramolecular Hbond substituents is 2. The molecule has 2 rings (SSSR count). The van der Waals surface area contributed by atoms with Gasteiger partial charge in [0.15, 0.2) is 5.41 Å². The largest absolute Gasteiger partial charge is 0.507 e. The minimum atomic E-state index is -1.70. The van der Waals surface area contributed by atoms with Gasteiger partial charge in [-0.15, -0.1) is 0 Å². The lowest BCUT2D eigenvalue weighted by Gasteiger charge is -2.34. The Morgan fingerprint density at radius 2 is 0.687 bits per heavy atom. The molecule has 2 aromatic carbocycles. The number of unbranched alkanes of at least 4 members (excludes halogenated alkanes) is 22. The molecule has 0 radical (unpaired) electrons. The summed E-state index contributed by atoms with van der Waals surface area (Å²) in [7, 11) is 0. The van der Waals surface area contributed by atoms with Crippen LogP contribution in [0.3, 0.4) is 0 Å². The predicted octanol–water partition coefficient (Wildman–Crippen LogP) is 17.7. The molecule has 384 valence electrons. The number of esters is 2. The van der Waals surface area contributed by atoms with Crippen molar-refractivity contribution in [1.82, 2.24) is 0 Å². The minimum Gasteiger partial charge on any atom is -0.507 e. The average molecular weight is 933 g/mol. The van der Waals surface area contributed by atoms with Crippen LogP contribution in [0.15, 0.2) is 12.1 Å². The fraction of sp³-hybridized carbons (Fsp3) is 0.770. The van der Waals surface area contributed by atoms with Gasteiger partial charge >= 0.3 is 11.9 Å². The summed E-state index contributed by atoms with van der Waals surface area (Å²) in [4.78, 5) is 30.6. The van der Waals surface area contributed by atoms with Crippen molar-refractivity contribution in [2.45, 2.75) is 287 Å². The van der Waals surface area contributed by atoms with Gasteiger partial charge in [-0.3, -0.25) is 9.59 Å².